The number of dihydropyridines is 1. The molecule has 7 heteroatoms. The quantitative estimate of drug-likeness (QED) is 0.631. The van der Waals surface area contributed by atoms with Gasteiger partial charge in [-0.05, 0) is 43.0 Å². The third-order valence-electron chi connectivity index (χ3n) is 6.32. The lowest BCUT2D eigenvalue weighted by Gasteiger charge is -2.37. The number of para-hydroxylation sites is 1. The average Bonchev–Trinajstić information content (AvgIpc) is 2.82. The maximum Gasteiger partial charge on any atom is 0.336 e. The van der Waals surface area contributed by atoms with Gasteiger partial charge in [-0.3, -0.25) is 4.79 Å². The Bertz CT molecular complexity index is 1170. The molecule has 0 unspecified atom stereocenters. The fourth-order valence-electron chi connectivity index (χ4n) is 4.84. The van der Waals surface area contributed by atoms with Crippen LogP contribution in [0.3, 0.4) is 0 Å². The number of ketones is 1. The summed E-state index contributed by atoms with van der Waals surface area (Å²) in [6.45, 7) is 1.83. The van der Waals surface area contributed by atoms with Crippen LogP contribution < -0.4 is 14.8 Å². The van der Waals surface area contributed by atoms with E-state index in [9.17, 15) is 9.59 Å². The van der Waals surface area contributed by atoms with Crippen molar-refractivity contribution < 1.29 is 23.8 Å². The zero-order valence-corrected chi connectivity index (χ0v) is 19.8. The Kier molecular flexibility index (Phi) is 6.47. The van der Waals surface area contributed by atoms with Gasteiger partial charge in [0.05, 0.1) is 32.8 Å². The van der Waals surface area contributed by atoms with E-state index in [1.807, 2.05) is 43.3 Å². The van der Waals surface area contributed by atoms with E-state index in [4.69, 9.17) is 25.8 Å². The number of Topliss-reactive ketones (excluding diaryl/α,β-unsaturated/α-hetero) is 1. The fourth-order valence-corrected chi connectivity index (χ4v) is 4.97. The first-order chi connectivity index (χ1) is 15.9. The molecule has 0 aromatic heterocycles. The minimum absolute atomic E-state index is 0.0151. The van der Waals surface area contributed by atoms with Crippen LogP contribution in [0, 0.1) is 0 Å². The summed E-state index contributed by atoms with van der Waals surface area (Å²) in [7, 11) is 4.44. The summed E-state index contributed by atoms with van der Waals surface area (Å²) in [5, 5.41) is 3.99. The highest BCUT2D eigenvalue weighted by Crippen LogP contribution is 2.49. The van der Waals surface area contributed by atoms with Crippen LogP contribution in [0.15, 0.2) is 65.0 Å². The van der Waals surface area contributed by atoms with E-state index in [2.05, 4.69) is 5.32 Å². The van der Waals surface area contributed by atoms with E-state index in [0.717, 1.165) is 11.3 Å². The third kappa shape index (κ3) is 4.11. The number of hydrogen-bond acceptors (Lipinski definition) is 6. The number of carbonyl (C=O) groups is 2. The molecular formula is C26H26ClNO5. The van der Waals surface area contributed by atoms with Gasteiger partial charge in [0.25, 0.3) is 0 Å². The summed E-state index contributed by atoms with van der Waals surface area (Å²) in [6.07, 6.45) is 0.968. The maximum atomic E-state index is 13.6. The van der Waals surface area contributed by atoms with Crippen LogP contribution in [0.4, 0.5) is 0 Å². The van der Waals surface area contributed by atoms with Crippen LogP contribution in [0.1, 0.15) is 42.7 Å². The molecule has 1 aliphatic heterocycles. The number of nitrogens with one attached hydrogen (secondary N) is 1. The summed E-state index contributed by atoms with van der Waals surface area (Å²) < 4.78 is 16.3. The van der Waals surface area contributed by atoms with Crippen LogP contribution in [0.25, 0.3) is 0 Å². The largest absolute Gasteiger partial charge is 0.493 e. The molecule has 2 aromatic carbocycles. The molecule has 2 aliphatic rings. The Hall–Kier alpha value is -3.25. The number of methoxy groups -OCH3 is 3. The number of halogens is 1. The first-order valence-electron chi connectivity index (χ1n) is 10.7. The molecule has 0 bridgehead atoms. The SMILES string of the molecule is COC(=O)C1=C(C)NC2=C(C(=O)C[C@H](c3ccc(Cl)cc3)C2)[C@H]1c1cccc(OC)c1OC. The number of rotatable bonds is 5. The molecule has 2 aromatic rings. The van der Waals surface area contributed by atoms with Crippen molar-refractivity contribution in [2.45, 2.75) is 31.6 Å². The molecule has 0 spiro atoms. The summed E-state index contributed by atoms with van der Waals surface area (Å²) >= 11 is 6.05. The Balaban J connectivity index is 1.87. The Morgan fingerprint density at radius 3 is 2.39 bits per heavy atom. The number of hydrogen-bond donors (Lipinski definition) is 1. The highest BCUT2D eigenvalue weighted by molar-refractivity contribution is 6.30. The average molecular weight is 468 g/mol. The van der Waals surface area contributed by atoms with E-state index in [1.54, 1.807) is 20.3 Å². The second kappa shape index (κ2) is 9.32. The van der Waals surface area contributed by atoms with E-state index in [1.165, 1.54) is 7.11 Å². The molecule has 6 nitrogen and oxygen atoms in total. The molecule has 0 fully saturated rings. The molecule has 172 valence electrons. The lowest BCUT2D eigenvalue weighted by molar-refractivity contribution is -0.136. The highest BCUT2D eigenvalue weighted by atomic mass is 35.5. The van der Waals surface area contributed by atoms with Gasteiger partial charge < -0.3 is 19.5 Å². The molecular weight excluding hydrogens is 442 g/mol. The molecule has 0 amide bonds. The topological polar surface area (TPSA) is 73.9 Å². The number of allylic oxidation sites excluding steroid dienone is 3. The van der Waals surface area contributed by atoms with Gasteiger partial charge in [0.15, 0.2) is 17.3 Å². The number of esters is 1. The van der Waals surface area contributed by atoms with Crippen molar-refractivity contribution in [1.82, 2.24) is 5.32 Å². The normalized spacial score (nSPS) is 20.2. The van der Waals surface area contributed by atoms with Crippen molar-refractivity contribution in [2.75, 3.05) is 21.3 Å². The zero-order chi connectivity index (χ0) is 23.7. The standard InChI is InChI=1S/C26H26ClNO5/c1-14-22(26(30)33-4)23(18-6-5-7-21(31-2)25(18)32-3)24-19(28-14)12-16(13-20(24)29)15-8-10-17(27)11-9-15/h5-11,16,23,28H,12-13H2,1-4H3/t16-,23+/m1/s1. The highest BCUT2D eigenvalue weighted by Gasteiger charge is 2.42. The van der Waals surface area contributed by atoms with Gasteiger partial charge in [-0.2, -0.15) is 0 Å². The van der Waals surface area contributed by atoms with Gasteiger partial charge in [0, 0.05) is 34.0 Å². The predicted molar refractivity (Wildman–Crippen MR) is 126 cm³/mol. The third-order valence-corrected chi connectivity index (χ3v) is 6.57. The van der Waals surface area contributed by atoms with Gasteiger partial charge >= 0.3 is 5.97 Å². The van der Waals surface area contributed by atoms with Crippen LogP contribution in [-0.2, 0) is 14.3 Å². The summed E-state index contributed by atoms with van der Waals surface area (Å²) in [5.74, 6) is -0.110. The van der Waals surface area contributed by atoms with Gasteiger partial charge in [-0.15, -0.1) is 0 Å². The lowest BCUT2D eigenvalue weighted by Crippen LogP contribution is -2.36. The number of ether oxygens (including phenoxy) is 3. The number of benzene rings is 2. The minimum atomic E-state index is -0.627. The van der Waals surface area contributed by atoms with Gasteiger partial charge in [0.2, 0.25) is 0 Å². The molecule has 4 rings (SSSR count). The Labute approximate surface area is 198 Å². The molecule has 1 N–H and O–H groups in total. The van der Waals surface area contributed by atoms with Gasteiger partial charge in [-0.25, -0.2) is 4.79 Å². The molecule has 1 aliphatic carbocycles. The predicted octanol–water partition coefficient (Wildman–Crippen LogP) is 4.89. The van der Waals surface area contributed by atoms with E-state index >= 15 is 0 Å². The van der Waals surface area contributed by atoms with Gasteiger partial charge in [-0.1, -0.05) is 35.9 Å². The molecule has 0 radical (unpaired) electrons. The summed E-state index contributed by atoms with van der Waals surface area (Å²) in [5.41, 5.74) is 4.16. The maximum absolute atomic E-state index is 13.6. The van der Waals surface area contributed by atoms with Gasteiger partial charge in [0.1, 0.15) is 0 Å². The summed E-state index contributed by atoms with van der Waals surface area (Å²) in [4.78, 5) is 26.5. The lowest BCUT2D eigenvalue weighted by atomic mass is 9.71. The Morgan fingerprint density at radius 1 is 1.03 bits per heavy atom. The molecule has 2 atom stereocenters. The van der Waals surface area contributed by atoms with Crippen LogP contribution in [0.5, 0.6) is 11.5 Å². The van der Waals surface area contributed by atoms with E-state index in [-0.39, 0.29) is 11.7 Å². The molecule has 1 heterocycles. The first-order valence-corrected chi connectivity index (χ1v) is 11.1. The second-order valence-corrected chi connectivity index (χ2v) is 8.58. The molecule has 0 saturated carbocycles. The Morgan fingerprint density at radius 2 is 1.76 bits per heavy atom. The molecule has 0 saturated heterocycles. The van der Waals surface area contributed by atoms with E-state index < -0.39 is 11.9 Å². The fraction of sp³-hybridized carbons (Fsp3) is 0.308. The molecule has 33 heavy (non-hydrogen) atoms. The van der Waals surface area contributed by atoms with E-state index in [0.29, 0.717) is 51.8 Å². The minimum Gasteiger partial charge on any atom is -0.493 e. The van der Waals surface area contributed by atoms with Crippen molar-refractivity contribution in [3.8, 4) is 11.5 Å². The van der Waals surface area contributed by atoms with Crippen LogP contribution in [0.2, 0.25) is 5.02 Å². The van der Waals surface area contributed by atoms with Crippen molar-refractivity contribution in [2.24, 2.45) is 0 Å². The number of carbonyl (C=O) groups excluding carboxylic acids is 2. The van der Waals surface area contributed by atoms with Crippen molar-refractivity contribution >= 4 is 23.4 Å². The monoisotopic (exact) mass is 467 g/mol. The van der Waals surface area contributed by atoms with Crippen LogP contribution >= 0.6 is 11.6 Å². The van der Waals surface area contributed by atoms with Crippen LogP contribution in [-0.4, -0.2) is 33.1 Å². The van der Waals surface area contributed by atoms with Crippen molar-refractivity contribution in [1.29, 1.82) is 0 Å². The van der Waals surface area contributed by atoms with Crippen molar-refractivity contribution in [3.05, 3.63) is 81.2 Å². The smallest absolute Gasteiger partial charge is 0.336 e. The summed E-state index contributed by atoms with van der Waals surface area (Å²) in [6, 6.07) is 13.1. The zero-order valence-electron chi connectivity index (χ0n) is 19.0. The first kappa shape index (κ1) is 22.9. The second-order valence-electron chi connectivity index (χ2n) is 8.14. The van der Waals surface area contributed by atoms with Crippen molar-refractivity contribution in [3.63, 3.8) is 0 Å².